The second-order valence-electron chi connectivity index (χ2n) is 7.85. The molecule has 0 spiro atoms. The van der Waals surface area contributed by atoms with Crippen molar-refractivity contribution in [1.29, 1.82) is 0 Å². The Morgan fingerprint density at radius 2 is 2.10 bits per heavy atom. The fourth-order valence-corrected chi connectivity index (χ4v) is 4.04. The molecule has 1 aliphatic carbocycles. The maximum atomic E-state index is 13.1. The maximum Gasteiger partial charge on any atom is 0.269 e. The third-order valence-corrected chi connectivity index (χ3v) is 5.93. The Hall–Kier alpha value is -1.93. The molecular weight excluding hydrogens is 392 g/mol. The lowest BCUT2D eigenvalue weighted by Gasteiger charge is -2.31. The Labute approximate surface area is 176 Å². The van der Waals surface area contributed by atoms with Gasteiger partial charge in [-0.25, -0.2) is 0 Å². The van der Waals surface area contributed by atoms with Crippen molar-refractivity contribution in [2.45, 2.75) is 57.5 Å². The smallest absolute Gasteiger partial charge is 0.269 e. The van der Waals surface area contributed by atoms with E-state index in [0.717, 1.165) is 18.4 Å². The monoisotopic (exact) mass is 420 g/mol. The molecule has 3 rings (SSSR count). The molecule has 1 amide bonds. The van der Waals surface area contributed by atoms with Gasteiger partial charge in [0.15, 0.2) is 0 Å². The number of aliphatic hydroxyl groups is 2. The number of rotatable bonds is 6. The summed E-state index contributed by atoms with van der Waals surface area (Å²) in [7, 11) is 1.62. The largest absolute Gasteiger partial charge is 0.393 e. The van der Waals surface area contributed by atoms with Gasteiger partial charge in [0, 0.05) is 11.1 Å². The summed E-state index contributed by atoms with van der Waals surface area (Å²) in [5.41, 5.74) is 1.66. The number of carbonyl (C=O) groups is 1. The number of hydrogen-bond donors (Lipinski definition) is 4. The summed E-state index contributed by atoms with van der Waals surface area (Å²) < 4.78 is 1.62. The average molecular weight is 421 g/mol. The van der Waals surface area contributed by atoms with E-state index < -0.39 is 6.23 Å². The molecule has 1 aliphatic rings. The summed E-state index contributed by atoms with van der Waals surface area (Å²) in [6, 6.07) is 8.78. The molecule has 0 bridgehead atoms. The van der Waals surface area contributed by atoms with Gasteiger partial charge in [-0.05, 0) is 62.9 Å². The molecule has 7 nitrogen and oxygen atoms in total. The van der Waals surface area contributed by atoms with Gasteiger partial charge in [-0.1, -0.05) is 30.7 Å². The summed E-state index contributed by atoms with van der Waals surface area (Å²) in [4.78, 5) is 13.1. The maximum absolute atomic E-state index is 13.1. The third-order valence-electron chi connectivity index (χ3n) is 5.70. The number of nitrogens with zero attached hydrogens (tertiary/aromatic N) is 2. The normalized spacial score (nSPS) is 24.1. The quantitative estimate of drug-likeness (QED) is 0.538. The first-order valence-electron chi connectivity index (χ1n) is 9.99. The van der Waals surface area contributed by atoms with Crippen LogP contribution in [0.15, 0.2) is 30.3 Å². The number of hydrogen-bond acceptors (Lipinski definition) is 5. The Kier molecular flexibility index (Phi) is 6.95. The van der Waals surface area contributed by atoms with Crippen molar-refractivity contribution in [2.24, 2.45) is 5.92 Å². The number of carbonyl (C=O) groups excluding carboxylic acids is 1. The molecule has 1 saturated carbocycles. The van der Waals surface area contributed by atoms with Gasteiger partial charge in [0.2, 0.25) is 0 Å². The highest BCUT2D eigenvalue weighted by Gasteiger charge is 2.29. The first-order valence-corrected chi connectivity index (χ1v) is 10.4. The number of benzene rings is 1. The zero-order valence-corrected chi connectivity index (χ0v) is 17.7. The van der Waals surface area contributed by atoms with Crippen LogP contribution in [0.1, 0.15) is 67.1 Å². The Morgan fingerprint density at radius 1 is 1.34 bits per heavy atom. The fraction of sp³-hybridized carbons (Fsp3) is 0.524. The number of amides is 1. The number of halogens is 1. The molecule has 0 aliphatic heterocycles. The SMILES string of the molecule is CNC(O)c1cc(C(=O)N[C@H]2CC[C@@H](O)[C@H](C)C2)n([C@@H](C)c2cccc(Cl)c2)n1. The first kappa shape index (κ1) is 21.8. The number of nitrogens with one attached hydrogen (secondary N) is 2. The Bertz CT molecular complexity index is 856. The average Bonchev–Trinajstić information content (AvgIpc) is 3.15. The Morgan fingerprint density at radius 3 is 2.76 bits per heavy atom. The fourth-order valence-electron chi connectivity index (χ4n) is 3.84. The summed E-state index contributed by atoms with van der Waals surface area (Å²) in [5.74, 6) is -0.0967. The molecule has 4 N–H and O–H groups in total. The lowest BCUT2D eigenvalue weighted by Crippen LogP contribution is -2.42. The molecule has 1 fully saturated rings. The lowest BCUT2D eigenvalue weighted by atomic mass is 9.84. The van der Waals surface area contributed by atoms with Crippen LogP contribution in [0.5, 0.6) is 0 Å². The van der Waals surface area contributed by atoms with E-state index in [-0.39, 0.29) is 30.0 Å². The molecular formula is C21H29ClN4O3. The Balaban J connectivity index is 1.88. The highest BCUT2D eigenvalue weighted by Crippen LogP contribution is 2.26. The van der Waals surface area contributed by atoms with Crippen LogP contribution >= 0.6 is 11.6 Å². The molecule has 0 saturated heterocycles. The molecule has 2 aromatic rings. The molecule has 1 aromatic heterocycles. The molecule has 1 aromatic carbocycles. The molecule has 29 heavy (non-hydrogen) atoms. The van der Waals surface area contributed by atoms with Gasteiger partial charge < -0.3 is 15.5 Å². The van der Waals surface area contributed by atoms with Gasteiger partial charge >= 0.3 is 0 Å². The van der Waals surface area contributed by atoms with Crippen LogP contribution in [0.25, 0.3) is 0 Å². The highest BCUT2D eigenvalue weighted by molar-refractivity contribution is 6.30. The lowest BCUT2D eigenvalue weighted by molar-refractivity contribution is 0.0612. The zero-order chi connectivity index (χ0) is 21.1. The minimum absolute atomic E-state index is 0.00315. The van der Waals surface area contributed by atoms with Crippen molar-refractivity contribution < 1.29 is 15.0 Å². The van der Waals surface area contributed by atoms with E-state index >= 15 is 0 Å². The minimum Gasteiger partial charge on any atom is -0.393 e. The summed E-state index contributed by atoms with van der Waals surface area (Å²) in [5, 5.41) is 31.0. The van der Waals surface area contributed by atoms with Crippen molar-refractivity contribution in [3.63, 3.8) is 0 Å². The second-order valence-corrected chi connectivity index (χ2v) is 8.29. The standard InChI is InChI=1S/C21H29ClN4O3/c1-12-9-16(7-8-19(12)27)24-21(29)18-11-17(20(28)23-3)25-26(18)13(2)14-5-4-6-15(22)10-14/h4-6,10-13,16,19-20,23,27-28H,7-9H2,1-3H3,(H,24,29)/t12-,13+,16+,19-,20?/m1/s1. The van der Waals surface area contributed by atoms with Gasteiger partial charge in [-0.15, -0.1) is 0 Å². The van der Waals surface area contributed by atoms with Crippen LogP contribution in [-0.2, 0) is 0 Å². The molecule has 158 valence electrons. The van der Waals surface area contributed by atoms with Crippen LogP contribution < -0.4 is 10.6 Å². The first-order chi connectivity index (χ1) is 13.8. The highest BCUT2D eigenvalue weighted by atomic mass is 35.5. The second kappa shape index (κ2) is 9.26. The van der Waals surface area contributed by atoms with Gasteiger partial charge in [-0.2, -0.15) is 5.10 Å². The van der Waals surface area contributed by atoms with Crippen LogP contribution in [0.4, 0.5) is 0 Å². The molecule has 8 heteroatoms. The van der Waals surface area contributed by atoms with Crippen molar-refractivity contribution in [1.82, 2.24) is 20.4 Å². The number of aliphatic hydroxyl groups excluding tert-OH is 2. The predicted octanol–water partition coefficient (Wildman–Crippen LogP) is 2.64. The molecule has 1 unspecified atom stereocenters. The van der Waals surface area contributed by atoms with Gasteiger partial charge in [-0.3, -0.25) is 14.8 Å². The van der Waals surface area contributed by atoms with E-state index in [1.54, 1.807) is 23.9 Å². The molecule has 1 heterocycles. The van der Waals surface area contributed by atoms with Crippen LogP contribution in [0, 0.1) is 5.92 Å². The summed E-state index contributed by atoms with van der Waals surface area (Å²) >= 11 is 6.13. The number of aromatic nitrogens is 2. The van der Waals surface area contributed by atoms with Crippen LogP contribution in [-0.4, -0.2) is 45.1 Å². The van der Waals surface area contributed by atoms with Crippen molar-refractivity contribution in [2.75, 3.05) is 7.05 Å². The van der Waals surface area contributed by atoms with Crippen LogP contribution in [0.2, 0.25) is 5.02 Å². The van der Waals surface area contributed by atoms with Crippen molar-refractivity contribution in [3.05, 3.63) is 52.3 Å². The zero-order valence-electron chi connectivity index (χ0n) is 17.0. The van der Waals surface area contributed by atoms with Crippen LogP contribution in [0.3, 0.4) is 0 Å². The minimum atomic E-state index is -0.973. The predicted molar refractivity (Wildman–Crippen MR) is 112 cm³/mol. The third kappa shape index (κ3) is 4.98. The summed E-state index contributed by atoms with van der Waals surface area (Å²) in [6.07, 6.45) is 0.861. The van der Waals surface area contributed by atoms with Crippen molar-refractivity contribution in [3.8, 4) is 0 Å². The van der Waals surface area contributed by atoms with Gasteiger partial charge in [0.05, 0.1) is 12.1 Å². The van der Waals surface area contributed by atoms with E-state index in [9.17, 15) is 15.0 Å². The van der Waals surface area contributed by atoms with E-state index in [1.807, 2.05) is 32.0 Å². The van der Waals surface area contributed by atoms with E-state index in [2.05, 4.69) is 15.7 Å². The van der Waals surface area contributed by atoms with E-state index in [1.165, 1.54) is 0 Å². The van der Waals surface area contributed by atoms with E-state index in [0.29, 0.717) is 22.8 Å². The van der Waals surface area contributed by atoms with Crippen molar-refractivity contribution >= 4 is 17.5 Å². The van der Waals surface area contributed by atoms with E-state index in [4.69, 9.17) is 11.6 Å². The molecule has 0 radical (unpaired) electrons. The van der Waals surface area contributed by atoms with Gasteiger partial charge in [0.25, 0.3) is 5.91 Å². The van der Waals surface area contributed by atoms with Gasteiger partial charge in [0.1, 0.15) is 17.6 Å². The summed E-state index contributed by atoms with van der Waals surface area (Å²) in [6.45, 7) is 3.93. The topological polar surface area (TPSA) is 99.4 Å². The molecule has 5 atom stereocenters.